The second-order valence-corrected chi connectivity index (χ2v) is 5.61. The molecule has 1 aliphatic rings. The van der Waals surface area contributed by atoms with Gasteiger partial charge in [-0.1, -0.05) is 19.3 Å². The molecule has 0 spiro atoms. The van der Waals surface area contributed by atoms with Gasteiger partial charge < -0.3 is 14.8 Å². The molecule has 0 radical (unpaired) electrons. The van der Waals surface area contributed by atoms with Crippen molar-refractivity contribution >= 4 is 5.91 Å². The number of amides is 1. The summed E-state index contributed by atoms with van der Waals surface area (Å²) in [6.07, 6.45) is 6.22. The molecule has 112 valence electrons. The highest BCUT2D eigenvalue weighted by atomic mass is 16.3. The number of H-pyrrole nitrogens is 1. The molecule has 1 aliphatic carbocycles. The van der Waals surface area contributed by atoms with Gasteiger partial charge >= 0.3 is 0 Å². The molecule has 3 rings (SSSR count). The third-order valence-corrected chi connectivity index (χ3v) is 3.96. The van der Waals surface area contributed by atoms with Crippen LogP contribution < -0.4 is 5.32 Å². The Bertz CT molecular complexity index is 597. The van der Waals surface area contributed by atoms with Crippen LogP contribution in [0.2, 0.25) is 0 Å². The summed E-state index contributed by atoms with van der Waals surface area (Å²) in [5.74, 6) is 0.343. The van der Waals surface area contributed by atoms with Crippen LogP contribution in [0.5, 0.6) is 0 Å². The van der Waals surface area contributed by atoms with Crippen molar-refractivity contribution in [2.45, 2.75) is 37.7 Å². The summed E-state index contributed by atoms with van der Waals surface area (Å²) in [5, 5.41) is 19.9. The Labute approximate surface area is 122 Å². The molecular formula is C15H19N3O3. The number of carbonyl (C=O) groups excluding carboxylic acids is 1. The van der Waals surface area contributed by atoms with Crippen LogP contribution in [-0.2, 0) is 0 Å². The lowest BCUT2D eigenvalue weighted by Gasteiger charge is -2.31. The molecule has 1 fully saturated rings. The average Bonchev–Trinajstić information content (AvgIpc) is 3.16. The number of furan rings is 1. The molecule has 2 aromatic heterocycles. The van der Waals surface area contributed by atoms with Crippen molar-refractivity contribution < 1.29 is 14.3 Å². The van der Waals surface area contributed by atoms with E-state index in [1.54, 1.807) is 24.5 Å². The third kappa shape index (κ3) is 3.16. The van der Waals surface area contributed by atoms with Gasteiger partial charge in [-0.05, 0) is 25.0 Å². The lowest BCUT2D eigenvalue weighted by molar-refractivity contribution is 0.00521. The summed E-state index contributed by atoms with van der Waals surface area (Å²) >= 11 is 0. The molecule has 2 aromatic rings. The van der Waals surface area contributed by atoms with E-state index >= 15 is 0 Å². The maximum Gasteiger partial charge on any atom is 0.271 e. The number of hydrogen-bond donors (Lipinski definition) is 3. The van der Waals surface area contributed by atoms with Gasteiger partial charge in [0.25, 0.3) is 5.91 Å². The number of carbonyl (C=O) groups is 1. The van der Waals surface area contributed by atoms with Crippen LogP contribution in [0.3, 0.4) is 0 Å². The van der Waals surface area contributed by atoms with Crippen LogP contribution in [0.25, 0.3) is 11.5 Å². The maximum atomic E-state index is 12.1. The van der Waals surface area contributed by atoms with Crippen molar-refractivity contribution in [3.05, 3.63) is 30.2 Å². The van der Waals surface area contributed by atoms with E-state index in [2.05, 4.69) is 15.5 Å². The first-order valence-electron chi connectivity index (χ1n) is 7.26. The first kappa shape index (κ1) is 13.9. The van der Waals surface area contributed by atoms with Crippen molar-refractivity contribution in [2.24, 2.45) is 0 Å². The molecule has 0 atom stereocenters. The minimum atomic E-state index is -0.770. The van der Waals surface area contributed by atoms with Crippen LogP contribution in [-0.4, -0.2) is 33.4 Å². The largest absolute Gasteiger partial charge is 0.463 e. The number of nitrogens with one attached hydrogen (secondary N) is 2. The minimum Gasteiger partial charge on any atom is -0.463 e. The van der Waals surface area contributed by atoms with Gasteiger partial charge in [0.15, 0.2) is 11.5 Å². The molecule has 0 unspecified atom stereocenters. The average molecular weight is 289 g/mol. The van der Waals surface area contributed by atoms with Gasteiger partial charge in [0, 0.05) is 12.6 Å². The Morgan fingerprint density at radius 1 is 1.43 bits per heavy atom. The Morgan fingerprint density at radius 3 is 2.95 bits per heavy atom. The van der Waals surface area contributed by atoms with E-state index in [1.165, 1.54) is 0 Å². The zero-order valence-electron chi connectivity index (χ0n) is 11.8. The summed E-state index contributed by atoms with van der Waals surface area (Å²) in [4.78, 5) is 12.1. The molecule has 1 saturated carbocycles. The lowest BCUT2D eigenvalue weighted by Crippen LogP contribution is -2.44. The number of nitrogens with zero attached hydrogens (tertiary/aromatic N) is 1. The second-order valence-electron chi connectivity index (χ2n) is 5.61. The minimum absolute atomic E-state index is 0.273. The van der Waals surface area contributed by atoms with Crippen LogP contribution in [0.4, 0.5) is 0 Å². The van der Waals surface area contributed by atoms with Crippen molar-refractivity contribution in [2.75, 3.05) is 6.54 Å². The Hall–Kier alpha value is -2.08. The van der Waals surface area contributed by atoms with Crippen molar-refractivity contribution in [1.29, 1.82) is 0 Å². The van der Waals surface area contributed by atoms with E-state index in [9.17, 15) is 9.90 Å². The topological polar surface area (TPSA) is 91.1 Å². The normalized spacial score (nSPS) is 17.6. The Morgan fingerprint density at radius 2 is 2.24 bits per heavy atom. The fourth-order valence-corrected chi connectivity index (χ4v) is 2.72. The first-order valence-corrected chi connectivity index (χ1v) is 7.26. The fraction of sp³-hybridized carbons (Fsp3) is 0.467. The molecular weight excluding hydrogens is 270 g/mol. The SMILES string of the molecule is O=C(NCC1(O)CCCCC1)c1cc(-c2ccco2)[nH]n1. The van der Waals surface area contributed by atoms with E-state index in [4.69, 9.17) is 4.42 Å². The molecule has 6 heteroatoms. The zero-order valence-corrected chi connectivity index (χ0v) is 11.8. The summed E-state index contributed by atoms with van der Waals surface area (Å²) in [5.41, 5.74) is 0.177. The van der Waals surface area contributed by atoms with Crippen molar-refractivity contribution in [3.8, 4) is 11.5 Å². The smallest absolute Gasteiger partial charge is 0.271 e. The van der Waals surface area contributed by atoms with Crippen LogP contribution in [0, 0.1) is 0 Å². The molecule has 0 aromatic carbocycles. The summed E-state index contributed by atoms with van der Waals surface area (Å²) in [6, 6.07) is 5.20. The predicted octanol–water partition coefficient (Wildman–Crippen LogP) is 2.09. The summed E-state index contributed by atoms with van der Waals surface area (Å²) in [6.45, 7) is 0.273. The van der Waals surface area contributed by atoms with E-state index in [0.29, 0.717) is 17.1 Å². The molecule has 21 heavy (non-hydrogen) atoms. The Kier molecular flexibility index (Phi) is 3.79. The van der Waals surface area contributed by atoms with E-state index in [1.807, 2.05) is 0 Å². The molecule has 1 amide bonds. The highest BCUT2D eigenvalue weighted by Crippen LogP contribution is 2.27. The lowest BCUT2D eigenvalue weighted by atomic mass is 9.85. The summed E-state index contributed by atoms with van der Waals surface area (Å²) in [7, 11) is 0. The number of aromatic nitrogens is 2. The van der Waals surface area contributed by atoms with Crippen LogP contribution in [0.15, 0.2) is 28.9 Å². The van der Waals surface area contributed by atoms with E-state index < -0.39 is 5.60 Å². The monoisotopic (exact) mass is 289 g/mol. The van der Waals surface area contributed by atoms with Crippen molar-refractivity contribution in [1.82, 2.24) is 15.5 Å². The van der Waals surface area contributed by atoms with Gasteiger partial charge in [-0.15, -0.1) is 0 Å². The number of rotatable bonds is 4. The molecule has 2 heterocycles. The predicted molar refractivity (Wildman–Crippen MR) is 76.7 cm³/mol. The quantitative estimate of drug-likeness (QED) is 0.803. The third-order valence-electron chi connectivity index (χ3n) is 3.96. The molecule has 0 aliphatic heterocycles. The fourth-order valence-electron chi connectivity index (χ4n) is 2.72. The number of hydrogen-bond acceptors (Lipinski definition) is 4. The Balaban J connectivity index is 1.61. The van der Waals surface area contributed by atoms with Crippen molar-refractivity contribution in [3.63, 3.8) is 0 Å². The van der Waals surface area contributed by atoms with E-state index in [0.717, 1.165) is 32.1 Å². The van der Waals surface area contributed by atoms with Gasteiger partial charge in [-0.25, -0.2) is 0 Å². The van der Waals surface area contributed by atoms with Crippen LogP contribution >= 0.6 is 0 Å². The van der Waals surface area contributed by atoms with Gasteiger partial charge in [-0.3, -0.25) is 9.89 Å². The standard InChI is InChI=1S/C15H19N3O3/c19-14(16-10-15(20)6-2-1-3-7-15)12-9-11(17-18-12)13-5-4-8-21-13/h4-5,8-9,20H,1-3,6-7,10H2,(H,16,19)(H,17,18). The highest BCUT2D eigenvalue weighted by molar-refractivity contribution is 5.93. The molecule has 0 saturated heterocycles. The zero-order chi connectivity index (χ0) is 14.7. The van der Waals surface area contributed by atoms with Gasteiger partial charge in [-0.2, -0.15) is 5.10 Å². The van der Waals surface area contributed by atoms with Gasteiger partial charge in [0.2, 0.25) is 0 Å². The van der Waals surface area contributed by atoms with Gasteiger partial charge in [0.1, 0.15) is 5.69 Å². The molecule has 0 bridgehead atoms. The van der Waals surface area contributed by atoms with Crippen LogP contribution in [0.1, 0.15) is 42.6 Å². The number of aromatic amines is 1. The highest BCUT2D eigenvalue weighted by Gasteiger charge is 2.29. The maximum absolute atomic E-state index is 12.1. The van der Waals surface area contributed by atoms with Gasteiger partial charge in [0.05, 0.1) is 11.9 Å². The summed E-state index contributed by atoms with van der Waals surface area (Å²) < 4.78 is 5.24. The molecule has 6 nitrogen and oxygen atoms in total. The van der Waals surface area contributed by atoms with E-state index in [-0.39, 0.29) is 12.5 Å². The first-order chi connectivity index (χ1) is 10.2. The second kappa shape index (κ2) is 5.73. The number of aliphatic hydroxyl groups is 1. The molecule has 3 N–H and O–H groups in total.